The van der Waals surface area contributed by atoms with Crippen LogP contribution in [0.4, 0.5) is 0 Å². The molecule has 0 aromatic heterocycles. The molecule has 0 saturated heterocycles. The lowest BCUT2D eigenvalue weighted by molar-refractivity contribution is 0.337. The average Bonchev–Trinajstić information content (AvgIpc) is 2.27. The smallest absolute Gasteiger partial charge is 0.119 e. The number of ether oxygens (including phenoxy) is 1. The molecule has 0 amide bonds. The second-order valence-corrected chi connectivity index (χ2v) is 6.27. The summed E-state index contributed by atoms with van der Waals surface area (Å²) in [7, 11) is 0. The van der Waals surface area contributed by atoms with Crippen LogP contribution in [0, 0.1) is 5.41 Å². The topological polar surface area (TPSA) is 9.23 Å². The monoisotopic (exact) mass is 264 g/mol. The third-order valence-electron chi connectivity index (χ3n) is 3.31. The predicted molar refractivity (Wildman–Crippen MR) is 78.2 cm³/mol. The summed E-state index contributed by atoms with van der Waals surface area (Å²) >= 11 is 6.34. The molecule has 0 aliphatic heterocycles. The Kier molecular flexibility index (Phi) is 4.01. The largest absolute Gasteiger partial charge is 0.494 e. The number of hydrogen-bond acceptors (Lipinski definition) is 1. The first-order valence-electron chi connectivity index (χ1n) is 6.58. The molecule has 0 saturated carbocycles. The summed E-state index contributed by atoms with van der Waals surface area (Å²) < 4.78 is 5.56. The summed E-state index contributed by atoms with van der Waals surface area (Å²) in [6, 6.07) is 8.30. The maximum absolute atomic E-state index is 6.34. The molecule has 0 heterocycles. The highest BCUT2D eigenvalue weighted by atomic mass is 35.5. The van der Waals surface area contributed by atoms with E-state index >= 15 is 0 Å². The van der Waals surface area contributed by atoms with Gasteiger partial charge in [-0.25, -0.2) is 0 Å². The normalized spacial score (nSPS) is 22.4. The van der Waals surface area contributed by atoms with Crippen molar-refractivity contribution in [3.63, 3.8) is 0 Å². The molecular weight excluding hydrogens is 244 g/mol. The Hall–Kier alpha value is -0.950. The van der Waals surface area contributed by atoms with Crippen LogP contribution in [0.25, 0.3) is 5.57 Å². The van der Waals surface area contributed by atoms with Crippen LogP contribution in [0.2, 0.25) is 0 Å². The van der Waals surface area contributed by atoms with Gasteiger partial charge in [0.05, 0.1) is 12.0 Å². The molecule has 1 aromatic rings. The standard InChI is InChI=1S/C16H21ClO/c1-4-18-15-7-5-6-12(9-15)13-8-14(17)11-16(2,3)10-13/h5-9,14H,4,10-11H2,1-3H3. The Bertz CT molecular complexity index is 448. The Morgan fingerprint density at radius 3 is 2.83 bits per heavy atom. The van der Waals surface area contributed by atoms with Crippen molar-refractivity contribution in [3.05, 3.63) is 35.9 Å². The van der Waals surface area contributed by atoms with Gasteiger partial charge in [-0.2, -0.15) is 0 Å². The quantitative estimate of drug-likeness (QED) is 0.706. The Morgan fingerprint density at radius 1 is 1.39 bits per heavy atom. The highest BCUT2D eigenvalue weighted by Crippen LogP contribution is 2.41. The minimum Gasteiger partial charge on any atom is -0.494 e. The molecule has 0 fully saturated rings. The molecule has 0 bridgehead atoms. The minimum atomic E-state index is 0.138. The minimum absolute atomic E-state index is 0.138. The van der Waals surface area contributed by atoms with E-state index < -0.39 is 0 Å². The van der Waals surface area contributed by atoms with Gasteiger partial charge in [0.15, 0.2) is 0 Å². The van der Waals surface area contributed by atoms with Crippen molar-refractivity contribution in [2.75, 3.05) is 6.61 Å². The first-order valence-corrected chi connectivity index (χ1v) is 7.02. The Balaban J connectivity index is 2.28. The number of benzene rings is 1. The second-order valence-electron chi connectivity index (χ2n) is 5.71. The van der Waals surface area contributed by atoms with E-state index in [0.29, 0.717) is 6.61 Å². The van der Waals surface area contributed by atoms with Gasteiger partial charge in [-0.15, -0.1) is 11.6 Å². The Morgan fingerprint density at radius 2 is 2.17 bits per heavy atom. The highest BCUT2D eigenvalue weighted by Gasteiger charge is 2.28. The zero-order valence-corrected chi connectivity index (χ0v) is 12.1. The maximum atomic E-state index is 6.34. The van der Waals surface area contributed by atoms with Crippen molar-refractivity contribution < 1.29 is 4.74 Å². The fourth-order valence-electron chi connectivity index (χ4n) is 2.60. The molecule has 98 valence electrons. The molecule has 0 spiro atoms. The number of rotatable bonds is 3. The van der Waals surface area contributed by atoms with Gasteiger partial charge in [0.2, 0.25) is 0 Å². The van der Waals surface area contributed by atoms with Gasteiger partial charge in [-0.3, -0.25) is 0 Å². The van der Waals surface area contributed by atoms with E-state index in [1.54, 1.807) is 0 Å². The van der Waals surface area contributed by atoms with Crippen molar-refractivity contribution in [1.82, 2.24) is 0 Å². The van der Waals surface area contributed by atoms with Gasteiger partial charge < -0.3 is 4.74 Å². The molecule has 1 atom stereocenters. The first kappa shape index (κ1) is 13.5. The van der Waals surface area contributed by atoms with E-state index in [2.05, 4.69) is 32.1 Å². The third kappa shape index (κ3) is 3.29. The van der Waals surface area contributed by atoms with Crippen molar-refractivity contribution in [3.8, 4) is 5.75 Å². The zero-order valence-electron chi connectivity index (χ0n) is 11.4. The molecule has 1 aromatic carbocycles. The van der Waals surface area contributed by atoms with Crippen molar-refractivity contribution >= 4 is 17.2 Å². The lowest BCUT2D eigenvalue weighted by Gasteiger charge is -2.32. The van der Waals surface area contributed by atoms with Gasteiger partial charge in [-0.1, -0.05) is 32.1 Å². The first-order chi connectivity index (χ1) is 8.50. The average molecular weight is 265 g/mol. The fraction of sp³-hybridized carbons (Fsp3) is 0.500. The molecule has 18 heavy (non-hydrogen) atoms. The second kappa shape index (κ2) is 5.36. The molecular formula is C16H21ClO. The number of hydrogen-bond donors (Lipinski definition) is 0. The van der Waals surface area contributed by atoms with Crippen LogP contribution in [0.1, 0.15) is 39.2 Å². The van der Waals surface area contributed by atoms with E-state index in [1.807, 2.05) is 19.1 Å². The highest BCUT2D eigenvalue weighted by molar-refractivity contribution is 6.22. The van der Waals surface area contributed by atoms with Crippen LogP contribution in [-0.2, 0) is 0 Å². The zero-order chi connectivity index (χ0) is 13.2. The van der Waals surface area contributed by atoms with Gasteiger partial charge >= 0.3 is 0 Å². The third-order valence-corrected chi connectivity index (χ3v) is 3.59. The van der Waals surface area contributed by atoms with Gasteiger partial charge in [-0.05, 0) is 48.4 Å². The van der Waals surface area contributed by atoms with Crippen molar-refractivity contribution in [1.29, 1.82) is 0 Å². The molecule has 1 unspecified atom stereocenters. The van der Waals surface area contributed by atoms with Crippen LogP contribution < -0.4 is 4.74 Å². The van der Waals surface area contributed by atoms with Crippen LogP contribution in [0.5, 0.6) is 5.75 Å². The van der Waals surface area contributed by atoms with Crippen LogP contribution in [-0.4, -0.2) is 12.0 Å². The summed E-state index contributed by atoms with van der Waals surface area (Å²) in [5, 5.41) is 0.138. The van der Waals surface area contributed by atoms with Gasteiger partial charge in [0, 0.05) is 0 Å². The number of allylic oxidation sites excluding steroid dienone is 2. The summed E-state index contributed by atoms with van der Waals surface area (Å²) in [6.07, 6.45) is 4.31. The molecule has 2 rings (SSSR count). The summed E-state index contributed by atoms with van der Waals surface area (Å²) in [5.74, 6) is 0.936. The molecule has 1 aliphatic carbocycles. The summed E-state index contributed by atoms with van der Waals surface area (Å²) in [6.45, 7) is 7.26. The van der Waals surface area contributed by atoms with E-state index in [1.165, 1.54) is 11.1 Å². The predicted octanol–water partition coefficient (Wildman–Crippen LogP) is 4.90. The van der Waals surface area contributed by atoms with Crippen molar-refractivity contribution in [2.45, 2.75) is 39.0 Å². The summed E-state index contributed by atoms with van der Waals surface area (Å²) in [4.78, 5) is 0. The lowest BCUT2D eigenvalue weighted by Crippen LogP contribution is -2.21. The van der Waals surface area contributed by atoms with Crippen molar-refractivity contribution in [2.24, 2.45) is 5.41 Å². The van der Waals surface area contributed by atoms with Crippen LogP contribution >= 0.6 is 11.6 Å². The molecule has 1 aliphatic rings. The molecule has 2 heteroatoms. The molecule has 1 nitrogen and oxygen atoms in total. The van der Waals surface area contributed by atoms with E-state index in [4.69, 9.17) is 16.3 Å². The summed E-state index contributed by atoms with van der Waals surface area (Å²) in [5.41, 5.74) is 2.85. The van der Waals surface area contributed by atoms with Gasteiger partial charge in [0.1, 0.15) is 5.75 Å². The number of halogens is 1. The van der Waals surface area contributed by atoms with Gasteiger partial charge in [0.25, 0.3) is 0 Å². The molecule has 0 radical (unpaired) electrons. The lowest BCUT2D eigenvalue weighted by atomic mass is 9.75. The SMILES string of the molecule is CCOc1cccc(C2=CC(Cl)CC(C)(C)C2)c1. The molecule has 0 N–H and O–H groups in total. The fourth-order valence-corrected chi connectivity index (χ4v) is 3.17. The van der Waals surface area contributed by atoms with Crippen LogP contribution in [0.3, 0.4) is 0 Å². The van der Waals surface area contributed by atoms with E-state index in [0.717, 1.165) is 18.6 Å². The Labute approximate surface area is 115 Å². The number of alkyl halides is 1. The van der Waals surface area contributed by atoms with Crippen LogP contribution in [0.15, 0.2) is 30.3 Å². The van der Waals surface area contributed by atoms with E-state index in [-0.39, 0.29) is 10.8 Å². The van der Waals surface area contributed by atoms with E-state index in [9.17, 15) is 0 Å². The maximum Gasteiger partial charge on any atom is 0.119 e.